The van der Waals surface area contributed by atoms with Gasteiger partial charge in [-0.25, -0.2) is 0 Å². The van der Waals surface area contributed by atoms with E-state index in [-0.39, 0.29) is 0 Å². The van der Waals surface area contributed by atoms with Gasteiger partial charge in [0.25, 0.3) is 0 Å². The summed E-state index contributed by atoms with van der Waals surface area (Å²) in [6.07, 6.45) is 1.96. The summed E-state index contributed by atoms with van der Waals surface area (Å²) in [6.45, 7) is 2.73. The first-order chi connectivity index (χ1) is 9.13. The first kappa shape index (κ1) is 15.3. The molecule has 0 saturated heterocycles. The Hall–Kier alpha value is -1.75. The number of hydrogen-bond acceptors (Lipinski definition) is 4. The van der Waals surface area contributed by atoms with E-state index in [4.69, 9.17) is 9.47 Å². The van der Waals surface area contributed by atoms with Gasteiger partial charge in [-0.05, 0) is 30.7 Å². The lowest BCUT2D eigenvalue weighted by atomic mass is 10.1. The predicted octanol–water partition coefficient (Wildman–Crippen LogP) is 2.22. The lowest BCUT2D eigenvalue weighted by Gasteiger charge is -2.16. The number of carbonyl (C=O) groups is 1. The van der Waals surface area contributed by atoms with Gasteiger partial charge >= 0.3 is 5.97 Å². The molecule has 1 unspecified atom stereocenters. The molecule has 0 radical (unpaired) electrons. The van der Waals surface area contributed by atoms with Crippen LogP contribution in [0.1, 0.15) is 31.4 Å². The molecule has 0 aromatic heterocycles. The van der Waals surface area contributed by atoms with Crippen LogP contribution in [0.4, 0.5) is 0 Å². The van der Waals surface area contributed by atoms with Crippen molar-refractivity contribution in [1.29, 1.82) is 0 Å². The van der Waals surface area contributed by atoms with Crippen LogP contribution in [0.15, 0.2) is 18.2 Å². The van der Waals surface area contributed by atoms with Gasteiger partial charge in [0.2, 0.25) is 0 Å². The Labute approximate surface area is 113 Å². The maximum atomic E-state index is 11.3. The van der Waals surface area contributed by atoms with E-state index < -0.39 is 12.0 Å². The minimum atomic E-state index is -0.900. The summed E-state index contributed by atoms with van der Waals surface area (Å²) in [4.78, 5) is 11.3. The summed E-state index contributed by atoms with van der Waals surface area (Å²) < 4.78 is 10.3. The molecule has 0 spiro atoms. The Morgan fingerprint density at radius 2 is 2.00 bits per heavy atom. The lowest BCUT2D eigenvalue weighted by Crippen LogP contribution is -2.29. The molecule has 0 fully saturated rings. The molecular formula is C14H21NO4. The summed E-state index contributed by atoms with van der Waals surface area (Å²) in [5, 5.41) is 12.3. The molecule has 1 atom stereocenters. The van der Waals surface area contributed by atoms with E-state index in [1.165, 1.54) is 7.11 Å². The highest BCUT2D eigenvalue weighted by molar-refractivity contribution is 5.76. The number of benzene rings is 1. The molecule has 0 amide bonds. The highest BCUT2D eigenvalue weighted by atomic mass is 16.5. The third-order valence-electron chi connectivity index (χ3n) is 2.87. The van der Waals surface area contributed by atoms with E-state index in [1.807, 2.05) is 0 Å². The van der Waals surface area contributed by atoms with Crippen molar-refractivity contribution in [3.63, 3.8) is 0 Å². The Bertz CT molecular complexity index is 420. The van der Waals surface area contributed by atoms with E-state index >= 15 is 0 Å². The second-order valence-electron chi connectivity index (χ2n) is 4.19. The van der Waals surface area contributed by atoms with Crippen molar-refractivity contribution in [3.05, 3.63) is 23.8 Å². The topological polar surface area (TPSA) is 67.8 Å². The number of rotatable bonds is 8. The number of unbranched alkanes of at least 4 members (excludes halogenated alkanes) is 1. The van der Waals surface area contributed by atoms with E-state index in [1.54, 1.807) is 25.3 Å². The Kier molecular flexibility index (Phi) is 6.15. The highest BCUT2D eigenvalue weighted by Gasteiger charge is 2.20. The Balaban J connectivity index is 2.92. The van der Waals surface area contributed by atoms with Crippen molar-refractivity contribution >= 4 is 5.97 Å². The standard InChI is InChI=1S/C14H21NO4/c1-4-5-8-15-13(14(16)17)10-6-7-11(18-2)12(9-10)19-3/h6-7,9,13,15H,4-5,8H2,1-3H3,(H,16,17). The zero-order valence-electron chi connectivity index (χ0n) is 11.6. The van der Waals surface area contributed by atoms with Crippen LogP contribution < -0.4 is 14.8 Å². The fourth-order valence-electron chi connectivity index (χ4n) is 1.80. The van der Waals surface area contributed by atoms with Gasteiger partial charge in [0.15, 0.2) is 11.5 Å². The van der Waals surface area contributed by atoms with Gasteiger partial charge < -0.3 is 19.9 Å². The molecule has 2 N–H and O–H groups in total. The van der Waals surface area contributed by atoms with Crippen LogP contribution in [0, 0.1) is 0 Å². The zero-order valence-corrected chi connectivity index (χ0v) is 11.6. The number of aliphatic carboxylic acids is 1. The molecule has 1 aromatic rings. The van der Waals surface area contributed by atoms with E-state index in [0.29, 0.717) is 23.6 Å². The molecule has 19 heavy (non-hydrogen) atoms. The van der Waals surface area contributed by atoms with Gasteiger partial charge in [-0.3, -0.25) is 4.79 Å². The van der Waals surface area contributed by atoms with Crippen LogP contribution in [0.2, 0.25) is 0 Å². The fraction of sp³-hybridized carbons (Fsp3) is 0.500. The number of carboxylic acids is 1. The number of nitrogens with one attached hydrogen (secondary N) is 1. The van der Waals surface area contributed by atoms with Crippen LogP contribution in [-0.2, 0) is 4.79 Å². The monoisotopic (exact) mass is 267 g/mol. The van der Waals surface area contributed by atoms with Crippen molar-refractivity contribution in [1.82, 2.24) is 5.32 Å². The van der Waals surface area contributed by atoms with Crippen LogP contribution in [0.3, 0.4) is 0 Å². The molecule has 1 rings (SSSR count). The molecule has 0 bridgehead atoms. The third-order valence-corrected chi connectivity index (χ3v) is 2.87. The van der Waals surface area contributed by atoms with Crippen LogP contribution in [0.5, 0.6) is 11.5 Å². The van der Waals surface area contributed by atoms with Crippen molar-refractivity contribution in [2.24, 2.45) is 0 Å². The van der Waals surface area contributed by atoms with Crippen LogP contribution in [-0.4, -0.2) is 31.8 Å². The number of ether oxygens (including phenoxy) is 2. The predicted molar refractivity (Wildman–Crippen MR) is 72.8 cm³/mol. The van der Waals surface area contributed by atoms with Crippen LogP contribution in [0.25, 0.3) is 0 Å². The normalized spacial score (nSPS) is 11.9. The summed E-state index contributed by atoms with van der Waals surface area (Å²) >= 11 is 0. The summed E-state index contributed by atoms with van der Waals surface area (Å²) in [5.41, 5.74) is 0.654. The number of hydrogen-bond donors (Lipinski definition) is 2. The van der Waals surface area contributed by atoms with Gasteiger partial charge in [0, 0.05) is 0 Å². The fourth-order valence-corrected chi connectivity index (χ4v) is 1.80. The van der Waals surface area contributed by atoms with E-state index in [2.05, 4.69) is 12.2 Å². The molecule has 0 heterocycles. The second-order valence-corrected chi connectivity index (χ2v) is 4.19. The molecular weight excluding hydrogens is 246 g/mol. The molecule has 0 aliphatic heterocycles. The average Bonchev–Trinajstić information content (AvgIpc) is 2.42. The van der Waals surface area contributed by atoms with Crippen molar-refractivity contribution in [3.8, 4) is 11.5 Å². The van der Waals surface area contributed by atoms with Gasteiger partial charge in [-0.15, -0.1) is 0 Å². The van der Waals surface area contributed by atoms with E-state index in [9.17, 15) is 9.90 Å². The summed E-state index contributed by atoms with van der Waals surface area (Å²) in [7, 11) is 3.08. The quantitative estimate of drug-likeness (QED) is 0.707. The lowest BCUT2D eigenvalue weighted by molar-refractivity contribution is -0.139. The number of methoxy groups -OCH3 is 2. The summed E-state index contributed by atoms with van der Waals surface area (Å²) in [6, 6.07) is 4.41. The van der Waals surface area contributed by atoms with Crippen LogP contribution >= 0.6 is 0 Å². The first-order valence-corrected chi connectivity index (χ1v) is 6.32. The van der Waals surface area contributed by atoms with E-state index in [0.717, 1.165) is 12.8 Å². The van der Waals surface area contributed by atoms with Crippen molar-refractivity contribution < 1.29 is 19.4 Å². The minimum Gasteiger partial charge on any atom is -0.493 e. The molecule has 5 heteroatoms. The molecule has 106 valence electrons. The Morgan fingerprint density at radius 3 is 2.53 bits per heavy atom. The maximum Gasteiger partial charge on any atom is 0.325 e. The van der Waals surface area contributed by atoms with Gasteiger partial charge in [-0.1, -0.05) is 19.4 Å². The smallest absolute Gasteiger partial charge is 0.325 e. The van der Waals surface area contributed by atoms with Gasteiger partial charge in [0.1, 0.15) is 6.04 Å². The minimum absolute atomic E-state index is 0.531. The molecule has 1 aromatic carbocycles. The van der Waals surface area contributed by atoms with Crippen molar-refractivity contribution in [2.45, 2.75) is 25.8 Å². The molecule has 0 aliphatic rings. The zero-order chi connectivity index (χ0) is 14.3. The molecule has 0 aliphatic carbocycles. The summed E-state index contributed by atoms with van der Waals surface area (Å²) in [5.74, 6) is 0.218. The SMILES string of the molecule is CCCCNC(C(=O)O)c1ccc(OC)c(OC)c1. The van der Waals surface area contributed by atoms with Gasteiger partial charge in [-0.2, -0.15) is 0 Å². The Morgan fingerprint density at radius 1 is 1.32 bits per heavy atom. The third kappa shape index (κ3) is 4.13. The largest absolute Gasteiger partial charge is 0.493 e. The first-order valence-electron chi connectivity index (χ1n) is 6.32. The maximum absolute atomic E-state index is 11.3. The molecule has 0 saturated carbocycles. The number of carboxylic acid groups (broad SMARTS) is 1. The highest BCUT2D eigenvalue weighted by Crippen LogP contribution is 2.30. The van der Waals surface area contributed by atoms with Crippen molar-refractivity contribution in [2.75, 3.05) is 20.8 Å². The van der Waals surface area contributed by atoms with Gasteiger partial charge in [0.05, 0.1) is 14.2 Å². The second kappa shape index (κ2) is 7.63. The average molecular weight is 267 g/mol. The molecule has 5 nitrogen and oxygen atoms in total.